The molecule has 0 saturated carbocycles. The minimum absolute atomic E-state index is 0.314. The maximum absolute atomic E-state index is 11.3. The van der Waals surface area contributed by atoms with Gasteiger partial charge in [0.2, 0.25) is 0 Å². The minimum atomic E-state index is 0.314. The van der Waals surface area contributed by atoms with E-state index in [0.717, 1.165) is 25.7 Å². The molecule has 0 radical (unpaired) electrons. The molecule has 0 amide bonds. The van der Waals surface area contributed by atoms with Crippen LogP contribution in [-0.2, 0) is 11.2 Å². The van der Waals surface area contributed by atoms with Crippen molar-refractivity contribution in [2.45, 2.75) is 32.1 Å². The molecule has 0 aliphatic heterocycles. The maximum Gasteiger partial charge on any atom is 0.155 e. The zero-order chi connectivity index (χ0) is 9.80. The second-order valence-electron chi connectivity index (χ2n) is 3.73. The van der Waals surface area contributed by atoms with Gasteiger partial charge < -0.3 is 0 Å². The van der Waals surface area contributed by atoms with Crippen molar-refractivity contribution in [3.63, 3.8) is 0 Å². The van der Waals surface area contributed by atoms with Gasteiger partial charge in [-0.15, -0.1) is 11.3 Å². The van der Waals surface area contributed by atoms with Crippen LogP contribution >= 0.6 is 11.3 Å². The molecule has 1 aromatic heterocycles. The molecule has 0 atom stereocenters. The van der Waals surface area contributed by atoms with Gasteiger partial charge in [-0.2, -0.15) is 0 Å². The van der Waals surface area contributed by atoms with E-state index in [1.165, 1.54) is 16.9 Å². The van der Waals surface area contributed by atoms with Crippen LogP contribution in [0.3, 0.4) is 0 Å². The van der Waals surface area contributed by atoms with Crippen molar-refractivity contribution in [3.8, 4) is 0 Å². The number of thiophene rings is 1. The van der Waals surface area contributed by atoms with E-state index in [4.69, 9.17) is 0 Å². The van der Waals surface area contributed by atoms with Crippen LogP contribution in [0.15, 0.2) is 29.2 Å². The van der Waals surface area contributed by atoms with Gasteiger partial charge >= 0.3 is 0 Å². The third-order valence-corrected chi connectivity index (χ3v) is 3.39. The Labute approximate surface area is 88.5 Å². The summed E-state index contributed by atoms with van der Waals surface area (Å²) in [5.74, 6) is 0.314. The van der Waals surface area contributed by atoms with E-state index in [2.05, 4.69) is 17.5 Å². The average molecular weight is 206 g/mol. The normalized spacial score (nSPS) is 17.7. The molecule has 0 saturated heterocycles. The maximum atomic E-state index is 11.3. The number of carbonyl (C=O) groups is 1. The number of ketones is 1. The first-order valence-electron chi connectivity index (χ1n) is 5.09. The number of carbonyl (C=O) groups excluding carboxylic acids is 1. The Morgan fingerprint density at radius 3 is 2.93 bits per heavy atom. The van der Waals surface area contributed by atoms with Crippen LogP contribution in [0.25, 0.3) is 0 Å². The molecule has 1 aromatic rings. The molecule has 0 spiro atoms. The lowest BCUT2D eigenvalue weighted by Gasteiger charge is -2.01. The van der Waals surface area contributed by atoms with Crippen molar-refractivity contribution < 1.29 is 4.79 Å². The molecule has 1 aliphatic carbocycles. The molecule has 1 nitrogen and oxygen atoms in total. The zero-order valence-corrected chi connectivity index (χ0v) is 8.98. The van der Waals surface area contributed by atoms with E-state index in [1.807, 2.05) is 6.08 Å². The molecule has 14 heavy (non-hydrogen) atoms. The Morgan fingerprint density at radius 1 is 1.29 bits per heavy atom. The lowest BCUT2D eigenvalue weighted by Crippen LogP contribution is -1.92. The Bertz CT molecular complexity index is 335. The lowest BCUT2D eigenvalue weighted by atomic mass is 10.1. The van der Waals surface area contributed by atoms with Gasteiger partial charge in [-0.1, -0.05) is 11.6 Å². The first kappa shape index (κ1) is 9.66. The van der Waals surface area contributed by atoms with Crippen molar-refractivity contribution in [2.24, 2.45) is 0 Å². The summed E-state index contributed by atoms with van der Waals surface area (Å²) >= 11 is 1.77. The van der Waals surface area contributed by atoms with Crippen molar-refractivity contribution >= 4 is 17.1 Å². The zero-order valence-electron chi connectivity index (χ0n) is 8.16. The highest BCUT2D eigenvalue weighted by Crippen LogP contribution is 2.21. The summed E-state index contributed by atoms with van der Waals surface area (Å²) < 4.78 is 0. The van der Waals surface area contributed by atoms with E-state index in [-0.39, 0.29) is 0 Å². The summed E-state index contributed by atoms with van der Waals surface area (Å²) in [5, 5.41) is 2.09. The van der Waals surface area contributed by atoms with Gasteiger partial charge in [0.15, 0.2) is 5.78 Å². The molecule has 0 fully saturated rings. The third-order valence-electron chi connectivity index (χ3n) is 2.52. The van der Waals surface area contributed by atoms with Gasteiger partial charge in [-0.25, -0.2) is 0 Å². The monoisotopic (exact) mass is 206 g/mol. The highest BCUT2D eigenvalue weighted by Gasteiger charge is 2.08. The molecule has 2 heteroatoms. The number of hydrogen-bond donors (Lipinski definition) is 0. The smallest absolute Gasteiger partial charge is 0.155 e. The third kappa shape index (κ3) is 2.55. The molecule has 0 unspecified atom stereocenters. The van der Waals surface area contributed by atoms with E-state index in [9.17, 15) is 4.79 Å². The Kier molecular flexibility index (Phi) is 3.14. The summed E-state index contributed by atoms with van der Waals surface area (Å²) in [7, 11) is 0. The van der Waals surface area contributed by atoms with E-state index < -0.39 is 0 Å². The summed E-state index contributed by atoms with van der Waals surface area (Å²) in [4.78, 5) is 12.7. The molecule has 74 valence electrons. The first-order valence-corrected chi connectivity index (χ1v) is 5.97. The number of allylic oxidation sites excluding steroid dienone is 2. The Balaban J connectivity index is 2.05. The molecular weight excluding hydrogens is 192 g/mol. The van der Waals surface area contributed by atoms with Gasteiger partial charge in [0.05, 0.1) is 0 Å². The first-order chi connectivity index (χ1) is 6.84. The summed E-state index contributed by atoms with van der Waals surface area (Å²) in [6.07, 6.45) is 6.92. The van der Waals surface area contributed by atoms with Crippen LogP contribution < -0.4 is 0 Å². The second kappa shape index (κ2) is 4.56. The van der Waals surface area contributed by atoms with Crippen molar-refractivity contribution in [3.05, 3.63) is 34.0 Å². The molecule has 0 aromatic carbocycles. The fourth-order valence-electron chi connectivity index (χ4n) is 1.80. The van der Waals surface area contributed by atoms with Gasteiger partial charge in [0.1, 0.15) is 0 Å². The molecular formula is C12H14OS. The second-order valence-corrected chi connectivity index (χ2v) is 4.76. The fraction of sp³-hybridized carbons (Fsp3) is 0.417. The van der Waals surface area contributed by atoms with E-state index in [1.54, 1.807) is 11.3 Å². The molecule has 1 aliphatic rings. The SMILES string of the molecule is O=C1C=C(Cc2cccs2)CCCC1. The molecule has 1 heterocycles. The van der Waals surface area contributed by atoms with Gasteiger partial charge in [-0.05, 0) is 36.8 Å². The summed E-state index contributed by atoms with van der Waals surface area (Å²) in [5.41, 5.74) is 1.31. The summed E-state index contributed by atoms with van der Waals surface area (Å²) in [6, 6.07) is 4.21. The van der Waals surface area contributed by atoms with E-state index >= 15 is 0 Å². The topological polar surface area (TPSA) is 17.1 Å². The van der Waals surface area contributed by atoms with Crippen molar-refractivity contribution in [1.29, 1.82) is 0 Å². The van der Waals surface area contributed by atoms with Crippen LogP contribution in [0.1, 0.15) is 30.6 Å². The Morgan fingerprint density at radius 2 is 2.14 bits per heavy atom. The minimum Gasteiger partial charge on any atom is -0.295 e. The highest BCUT2D eigenvalue weighted by molar-refractivity contribution is 7.09. The highest BCUT2D eigenvalue weighted by atomic mass is 32.1. The standard InChI is InChI=1S/C12H14OS/c13-11-5-2-1-4-10(8-11)9-12-6-3-7-14-12/h3,6-8H,1-2,4-5,9H2. The predicted molar refractivity (Wildman–Crippen MR) is 59.6 cm³/mol. The van der Waals surface area contributed by atoms with Crippen LogP contribution in [0.5, 0.6) is 0 Å². The fourth-order valence-corrected chi connectivity index (χ4v) is 2.56. The number of rotatable bonds is 2. The van der Waals surface area contributed by atoms with Crippen LogP contribution in [0.2, 0.25) is 0 Å². The van der Waals surface area contributed by atoms with Crippen LogP contribution in [-0.4, -0.2) is 5.78 Å². The molecule has 0 bridgehead atoms. The number of hydrogen-bond acceptors (Lipinski definition) is 2. The predicted octanol–water partition coefficient (Wildman–Crippen LogP) is 3.36. The Hall–Kier alpha value is -0.890. The quantitative estimate of drug-likeness (QED) is 0.725. The molecule has 0 N–H and O–H groups in total. The van der Waals surface area contributed by atoms with Gasteiger partial charge in [0, 0.05) is 17.7 Å². The van der Waals surface area contributed by atoms with Crippen LogP contribution in [0, 0.1) is 0 Å². The molecule has 2 rings (SSSR count). The largest absolute Gasteiger partial charge is 0.295 e. The van der Waals surface area contributed by atoms with Crippen molar-refractivity contribution in [1.82, 2.24) is 0 Å². The van der Waals surface area contributed by atoms with Crippen molar-refractivity contribution in [2.75, 3.05) is 0 Å². The van der Waals surface area contributed by atoms with Gasteiger partial charge in [-0.3, -0.25) is 4.79 Å². The average Bonchev–Trinajstić information content (AvgIpc) is 2.56. The summed E-state index contributed by atoms with van der Waals surface area (Å²) in [6.45, 7) is 0. The lowest BCUT2D eigenvalue weighted by molar-refractivity contribution is -0.114. The van der Waals surface area contributed by atoms with Gasteiger partial charge in [0.25, 0.3) is 0 Å². The van der Waals surface area contributed by atoms with Crippen LogP contribution in [0.4, 0.5) is 0 Å². The van der Waals surface area contributed by atoms with E-state index in [0.29, 0.717) is 5.78 Å².